The Morgan fingerprint density at radius 2 is 2.00 bits per heavy atom. The number of amides is 1. The topological polar surface area (TPSA) is 91.5 Å². The molecule has 0 unspecified atom stereocenters. The zero-order valence-corrected chi connectivity index (χ0v) is 22.8. The van der Waals surface area contributed by atoms with Crippen molar-refractivity contribution in [3.05, 3.63) is 71.2 Å². The number of nitrogens with one attached hydrogen (secondary N) is 2. The van der Waals surface area contributed by atoms with E-state index in [0.717, 1.165) is 41.6 Å². The van der Waals surface area contributed by atoms with Crippen LogP contribution in [0.5, 0.6) is 0 Å². The third-order valence-corrected chi connectivity index (χ3v) is 7.40. The molecule has 1 saturated carbocycles. The molecule has 4 aromatic rings. The van der Waals surface area contributed by atoms with Gasteiger partial charge in [0.15, 0.2) is 5.65 Å². The third kappa shape index (κ3) is 5.84. The van der Waals surface area contributed by atoms with Crippen LogP contribution < -0.4 is 10.6 Å². The van der Waals surface area contributed by atoms with Crippen LogP contribution in [0.1, 0.15) is 55.1 Å². The van der Waals surface area contributed by atoms with E-state index in [9.17, 15) is 14.3 Å². The summed E-state index contributed by atoms with van der Waals surface area (Å²) in [5.41, 5.74) is 4.48. The minimum Gasteiger partial charge on any atom is -0.389 e. The molecular formula is C29H32FN5O2S. The lowest BCUT2D eigenvalue weighted by molar-refractivity contribution is 0.0940. The maximum Gasteiger partial charge on any atom is 0.251 e. The maximum absolute atomic E-state index is 14.7. The number of fused-ring (bicyclic) bond motifs is 1. The fourth-order valence-electron chi connectivity index (χ4n) is 4.16. The number of hydrogen-bond donors (Lipinski definition) is 3. The van der Waals surface area contributed by atoms with Crippen LogP contribution in [0.15, 0.2) is 58.6 Å². The highest BCUT2D eigenvalue weighted by Gasteiger charge is 2.25. The molecule has 2 heterocycles. The van der Waals surface area contributed by atoms with Crippen LogP contribution in [0.3, 0.4) is 0 Å². The first-order chi connectivity index (χ1) is 18.1. The van der Waals surface area contributed by atoms with E-state index in [1.807, 2.05) is 44.2 Å². The number of carbonyl (C=O) groups excluding carboxylic acids is 1. The Hall–Kier alpha value is -3.43. The first-order valence-electron chi connectivity index (χ1n) is 12.8. The number of anilines is 1. The number of imidazole rings is 1. The average molecular weight is 534 g/mol. The van der Waals surface area contributed by atoms with Crippen molar-refractivity contribution < 1.29 is 14.3 Å². The van der Waals surface area contributed by atoms with Crippen molar-refractivity contribution in [3.63, 3.8) is 0 Å². The molecule has 2 aromatic carbocycles. The Balaban J connectivity index is 1.55. The molecule has 1 aliphatic rings. The number of nitrogens with zero attached hydrogens (tertiary/aromatic N) is 3. The molecule has 2 aromatic heterocycles. The number of aromatic nitrogens is 3. The fourth-order valence-corrected chi connectivity index (χ4v) is 5.06. The average Bonchev–Trinajstić information content (AvgIpc) is 3.58. The molecule has 0 spiro atoms. The highest BCUT2D eigenvalue weighted by Crippen LogP contribution is 2.34. The van der Waals surface area contributed by atoms with E-state index >= 15 is 0 Å². The van der Waals surface area contributed by atoms with Crippen molar-refractivity contribution in [1.29, 1.82) is 0 Å². The van der Waals surface area contributed by atoms with Crippen LogP contribution in [-0.4, -0.2) is 43.8 Å². The Labute approximate surface area is 225 Å². The lowest BCUT2D eigenvalue weighted by Gasteiger charge is -2.19. The molecule has 5 rings (SSSR count). The molecule has 38 heavy (non-hydrogen) atoms. The molecule has 0 aliphatic heterocycles. The maximum atomic E-state index is 14.7. The van der Waals surface area contributed by atoms with Crippen molar-refractivity contribution in [3.8, 4) is 11.3 Å². The van der Waals surface area contributed by atoms with Crippen molar-refractivity contribution in [2.45, 2.75) is 68.5 Å². The molecule has 1 aliphatic carbocycles. The number of rotatable bonds is 9. The van der Waals surface area contributed by atoms with Gasteiger partial charge in [0.05, 0.1) is 23.2 Å². The minimum absolute atomic E-state index is 0.0547. The number of aliphatic hydroxyl groups is 1. The Bertz CT molecular complexity index is 1510. The largest absolute Gasteiger partial charge is 0.389 e. The van der Waals surface area contributed by atoms with Crippen LogP contribution >= 0.6 is 11.8 Å². The van der Waals surface area contributed by atoms with Gasteiger partial charge >= 0.3 is 0 Å². The van der Waals surface area contributed by atoms with E-state index in [1.54, 1.807) is 30.6 Å². The summed E-state index contributed by atoms with van der Waals surface area (Å²) in [5.74, 6) is -0.359. The SMILES string of the molecule is CCc1ccc(F)c(Sc2cc(NCC(C)(C)O)c3ncc(-c4ccc(C(=O)NC5CC5)c(C)c4)n3n2)c1. The van der Waals surface area contributed by atoms with E-state index in [0.29, 0.717) is 33.4 Å². The van der Waals surface area contributed by atoms with Gasteiger partial charge in [-0.15, -0.1) is 0 Å². The third-order valence-electron chi connectivity index (χ3n) is 6.45. The molecule has 0 atom stereocenters. The van der Waals surface area contributed by atoms with E-state index in [-0.39, 0.29) is 17.8 Å². The number of hydrogen-bond acceptors (Lipinski definition) is 6. The van der Waals surface area contributed by atoms with E-state index in [2.05, 4.69) is 15.6 Å². The summed E-state index contributed by atoms with van der Waals surface area (Å²) in [7, 11) is 0. The van der Waals surface area contributed by atoms with Crippen LogP contribution in [0.25, 0.3) is 16.9 Å². The molecule has 7 nitrogen and oxygen atoms in total. The number of aryl methyl sites for hydroxylation is 2. The monoisotopic (exact) mass is 533 g/mol. The molecule has 3 N–H and O–H groups in total. The summed E-state index contributed by atoms with van der Waals surface area (Å²) < 4.78 is 16.4. The second kappa shape index (κ2) is 10.4. The molecule has 9 heteroatoms. The summed E-state index contributed by atoms with van der Waals surface area (Å²) in [4.78, 5) is 17.7. The standard InChI is InChI=1S/C29H32FN5O2S/c1-5-18-6-11-22(30)25(13-18)38-26-14-23(32-16-29(3,4)37)27-31-15-24(35(27)34-26)19-7-10-21(17(2)12-19)28(36)33-20-8-9-20/h6-7,10-15,20,32,37H,5,8-9,16H2,1-4H3,(H,33,36). The number of halogens is 1. The van der Waals surface area contributed by atoms with Gasteiger partial charge in [-0.25, -0.2) is 13.9 Å². The van der Waals surface area contributed by atoms with Gasteiger partial charge in [0, 0.05) is 28.6 Å². The van der Waals surface area contributed by atoms with Gasteiger partial charge in [0.1, 0.15) is 10.8 Å². The van der Waals surface area contributed by atoms with Crippen molar-refractivity contribution in [1.82, 2.24) is 19.9 Å². The van der Waals surface area contributed by atoms with Gasteiger partial charge in [-0.05, 0) is 81.5 Å². The summed E-state index contributed by atoms with van der Waals surface area (Å²) in [6.45, 7) is 7.69. The molecule has 0 saturated heterocycles. The summed E-state index contributed by atoms with van der Waals surface area (Å²) in [6.07, 6.45) is 4.61. The predicted octanol–water partition coefficient (Wildman–Crippen LogP) is 5.63. The molecule has 1 fully saturated rings. The fraction of sp³-hybridized carbons (Fsp3) is 0.345. The van der Waals surface area contributed by atoms with Gasteiger partial charge in [-0.2, -0.15) is 5.10 Å². The second-order valence-electron chi connectivity index (χ2n) is 10.4. The zero-order valence-electron chi connectivity index (χ0n) is 22.0. The summed E-state index contributed by atoms with van der Waals surface area (Å²) in [6, 6.07) is 12.9. The van der Waals surface area contributed by atoms with Crippen molar-refractivity contribution >= 4 is 29.0 Å². The van der Waals surface area contributed by atoms with E-state index in [4.69, 9.17) is 5.10 Å². The predicted molar refractivity (Wildman–Crippen MR) is 148 cm³/mol. The van der Waals surface area contributed by atoms with Crippen LogP contribution in [0.4, 0.5) is 10.1 Å². The van der Waals surface area contributed by atoms with Crippen molar-refractivity contribution in [2.24, 2.45) is 0 Å². The lowest BCUT2D eigenvalue weighted by atomic mass is 10.0. The molecular weight excluding hydrogens is 501 g/mol. The van der Waals surface area contributed by atoms with Crippen LogP contribution in [-0.2, 0) is 6.42 Å². The van der Waals surface area contributed by atoms with E-state index < -0.39 is 5.60 Å². The zero-order chi connectivity index (χ0) is 27.0. The van der Waals surface area contributed by atoms with E-state index in [1.165, 1.54) is 17.8 Å². The Kier molecular flexibility index (Phi) is 7.15. The van der Waals surface area contributed by atoms with Crippen LogP contribution in [0, 0.1) is 12.7 Å². The van der Waals surface area contributed by atoms with Gasteiger partial charge in [-0.1, -0.05) is 30.8 Å². The quantitative estimate of drug-likeness (QED) is 0.258. The molecule has 1 amide bonds. The van der Waals surface area contributed by atoms with Crippen molar-refractivity contribution in [2.75, 3.05) is 11.9 Å². The number of benzene rings is 2. The summed E-state index contributed by atoms with van der Waals surface area (Å²) in [5, 5.41) is 22.0. The lowest BCUT2D eigenvalue weighted by Crippen LogP contribution is -2.29. The normalized spacial score (nSPS) is 13.6. The molecule has 0 radical (unpaired) electrons. The van der Waals surface area contributed by atoms with Crippen LogP contribution in [0.2, 0.25) is 0 Å². The summed E-state index contributed by atoms with van der Waals surface area (Å²) >= 11 is 1.24. The molecule has 0 bridgehead atoms. The first-order valence-corrected chi connectivity index (χ1v) is 13.7. The highest BCUT2D eigenvalue weighted by molar-refractivity contribution is 7.99. The van der Waals surface area contributed by atoms with Gasteiger partial charge < -0.3 is 15.7 Å². The highest BCUT2D eigenvalue weighted by atomic mass is 32.2. The Morgan fingerprint density at radius 1 is 1.21 bits per heavy atom. The van der Waals surface area contributed by atoms with Gasteiger partial charge in [-0.3, -0.25) is 4.79 Å². The molecule has 198 valence electrons. The van der Waals surface area contributed by atoms with Gasteiger partial charge in [0.25, 0.3) is 5.91 Å². The first kappa shape index (κ1) is 26.2. The van der Waals surface area contributed by atoms with Gasteiger partial charge in [0.2, 0.25) is 0 Å². The minimum atomic E-state index is -0.946. The Morgan fingerprint density at radius 3 is 2.68 bits per heavy atom. The smallest absolute Gasteiger partial charge is 0.251 e. The second-order valence-corrected chi connectivity index (χ2v) is 11.5. The number of carbonyl (C=O) groups is 1.